The van der Waals surface area contributed by atoms with Crippen LogP contribution in [0.25, 0.3) is 38.7 Å². The second kappa shape index (κ2) is 6.79. The van der Waals surface area contributed by atoms with Crippen molar-refractivity contribution in [1.29, 1.82) is 0 Å². The van der Waals surface area contributed by atoms with E-state index in [2.05, 4.69) is 59.4 Å². The van der Waals surface area contributed by atoms with Crippen LogP contribution in [-0.2, 0) is 6.42 Å². The van der Waals surface area contributed by atoms with Gasteiger partial charge in [-0.2, -0.15) is 0 Å². The summed E-state index contributed by atoms with van der Waals surface area (Å²) in [4.78, 5) is 21.2. The molecule has 2 heterocycles. The van der Waals surface area contributed by atoms with E-state index in [0.717, 1.165) is 55.7 Å². The first-order chi connectivity index (χ1) is 15.1. The number of aromatic nitrogens is 2. The van der Waals surface area contributed by atoms with E-state index in [1.165, 1.54) is 5.56 Å². The van der Waals surface area contributed by atoms with Crippen molar-refractivity contribution in [3.8, 4) is 0 Å². The molecule has 150 valence electrons. The van der Waals surface area contributed by atoms with Gasteiger partial charge in [-0.1, -0.05) is 53.6 Å². The van der Waals surface area contributed by atoms with Crippen LogP contribution in [-0.4, -0.2) is 15.8 Å². The van der Waals surface area contributed by atoms with Gasteiger partial charge in [0.05, 0.1) is 11.2 Å². The Morgan fingerprint density at radius 3 is 2.74 bits per heavy atom. The molecular weight excluding hydrogens is 404 g/mol. The third-order valence-electron chi connectivity index (χ3n) is 6.26. The molecule has 0 spiro atoms. The molecule has 6 rings (SSSR count). The highest BCUT2D eigenvalue weighted by molar-refractivity contribution is 6.32. The van der Waals surface area contributed by atoms with Crippen LogP contribution in [0.5, 0.6) is 0 Å². The molecule has 0 radical (unpaired) electrons. The summed E-state index contributed by atoms with van der Waals surface area (Å²) in [6.45, 7) is 2.08. The lowest BCUT2D eigenvalue weighted by Gasteiger charge is -2.15. The van der Waals surface area contributed by atoms with Crippen molar-refractivity contribution in [3.63, 3.8) is 0 Å². The number of nitrogens with one attached hydrogen (secondary N) is 1. The maximum Gasteiger partial charge on any atom is 0.205 e. The highest BCUT2D eigenvalue weighted by Crippen LogP contribution is 2.34. The number of ketones is 1. The Balaban J connectivity index is 1.49. The van der Waals surface area contributed by atoms with E-state index in [4.69, 9.17) is 11.6 Å². The lowest BCUT2D eigenvalue weighted by molar-refractivity contribution is 0.102. The van der Waals surface area contributed by atoms with Crippen molar-refractivity contribution >= 4 is 56.0 Å². The van der Waals surface area contributed by atoms with Gasteiger partial charge in [0.15, 0.2) is 0 Å². The lowest BCUT2D eigenvalue weighted by atomic mass is 9.89. The molecular formula is C27H19ClN2O. The van der Waals surface area contributed by atoms with E-state index in [0.29, 0.717) is 17.3 Å². The lowest BCUT2D eigenvalue weighted by Crippen LogP contribution is -2.13. The Labute approximate surface area is 184 Å². The molecule has 3 nitrogen and oxygen atoms in total. The Kier molecular flexibility index (Phi) is 4.02. The summed E-state index contributed by atoms with van der Waals surface area (Å²) in [5.41, 5.74) is 6.44. The first-order valence-electron chi connectivity index (χ1n) is 10.4. The van der Waals surface area contributed by atoms with E-state index in [-0.39, 0.29) is 5.78 Å². The summed E-state index contributed by atoms with van der Waals surface area (Å²) in [5, 5.41) is 4.90. The van der Waals surface area contributed by atoms with Crippen molar-refractivity contribution < 1.29 is 4.79 Å². The predicted molar refractivity (Wildman–Crippen MR) is 128 cm³/mol. The molecule has 0 unspecified atom stereocenters. The molecule has 3 aromatic carbocycles. The third kappa shape index (κ3) is 2.88. The van der Waals surface area contributed by atoms with Crippen molar-refractivity contribution in [2.45, 2.75) is 19.8 Å². The number of Topliss-reactive ketones (excluding diaryl/α,β-unsaturated/α-hetero) is 1. The Hall–Kier alpha value is -3.43. The highest BCUT2D eigenvalue weighted by Gasteiger charge is 2.26. The Bertz CT molecular complexity index is 1580. The van der Waals surface area contributed by atoms with Gasteiger partial charge in [-0.05, 0) is 66.4 Å². The zero-order valence-corrected chi connectivity index (χ0v) is 17.8. The molecule has 1 N–H and O–H groups in total. The number of aromatic amines is 1. The van der Waals surface area contributed by atoms with Gasteiger partial charge in [-0.3, -0.25) is 4.79 Å². The van der Waals surface area contributed by atoms with E-state index >= 15 is 0 Å². The van der Waals surface area contributed by atoms with Gasteiger partial charge < -0.3 is 4.98 Å². The van der Waals surface area contributed by atoms with Crippen molar-refractivity contribution in [1.82, 2.24) is 9.97 Å². The van der Waals surface area contributed by atoms with Crippen LogP contribution in [0.3, 0.4) is 0 Å². The van der Waals surface area contributed by atoms with Crippen LogP contribution in [0, 0.1) is 6.92 Å². The summed E-state index contributed by atoms with van der Waals surface area (Å²) in [7, 11) is 0. The number of halogens is 1. The molecule has 0 aliphatic heterocycles. The highest BCUT2D eigenvalue weighted by atomic mass is 35.5. The molecule has 0 bridgehead atoms. The molecule has 5 aromatic rings. The molecule has 0 saturated heterocycles. The normalized spacial score (nSPS) is 15.3. The maximum atomic E-state index is 13.3. The fourth-order valence-electron chi connectivity index (χ4n) is 4.69. The number of allylic oxidation sites excluding steroid dienone is 1. The number of fused-ring (bicyclic) bond motifs is 6. The molecule has 0 atom stereocenters. The van der Waals surface area contributed by atoms with Crippen LogP contribution >= 0.6 is 11.6 Å². The first kappa shape index (κ1) is 18.3. The number of nitrogens with zero attached hydrogens (tertiary/aromatic N) is 1. The smallest absolute Gasteiger partial charge is 0.205 e. The van der Waals surface area contributed by atoms with Gasteiger partial charge in [-0.25, -0.2) is 4.98 Å². The molecule has 0 fully saturated rings. The number of carbonyl (C=O) groups is 1. The molecule has 2 aromatic heterocycles. The molecule has 4 heteroatoms. The van der Waals surface area contributed by atoms with Gasteiger partial charge in [0, 0.05) is 27.4 Å². The quantitative estimate of drug-likeness (QED) is 0.179. The monoisotopic (exact) mass is 422 g/mol. The third-order valence-corrected chi connectivity index (χ3v) is 6.56. The summed E-state index contributed by atoms with van der Waals surface area (Å²) < 4.78 is 0. The minimum atomic E-state index is 0.0455. The number of carbonyl (C=O) groups excluding carboxylic acids is 1. The number of rotatable bonds is 1. The Morgan fingerprint density at radius 2 is 1.84 bits per heavy atom. The number of pyridine rings is 1. The number of hydrogen-bond acceptors (Lipinski definition) is 2. The van der Waals surface area contributed by atoms with Crippen molar-refractivity contribution in [3.05, 3.63) is 93.8 Å². The summed E-state index contributed by atoms with van der Waals surface area (Å²) in [5.74, 6) is 0.0455. The van der Waals surface area contributed by atoms with Gasteiger partial charge >= 0.3 is 0 Å². The summed E-state index contributed by atoms with van der Waals surface area (Å²) in [6.07, 6.45) is 3.44. The van der Waals surface area contributed by atoms with Gasteiger partial charge in [-0.15, -0.1) is 0 Å². The first-order valence-corrected chi connectivity index (χ1v) is 10.8. The fourth-order valence-corrected chi connectivity index (χ4v) is 4.89. The maximum absolute atomic E-state index is 13.3. The Morgan fingerprint density at radius 1 is 0.968 bits per heavy atom. The number of hydrogen-bond donors (Lipinski definition) is 1. The zero-order valence-electron chi connectivity index (χ0n) is 17.0. The van der Waals surface area contributed by atoms with Crippen molar-refractivity contribution in [2.24, 2.45) is 0 Å². The molecule has 31 heavy (non-hydrogen) atoms. The van der Waals surface area contributed by atoms with Crippen LogP contribution in [0.4, 0.5) is 0 Å². The van der Waals surface area contributed by atoms with Crippen molar-refractivity contribution in [2.75, 3.05) is 0 Å². The van der Waals surface area contributed by atoms with Gasteiger partial charge in [0.1, 0.15) is 5.15 Å². The van der Waals surface area contributed by atoms with Crippen LogP contribution < -0.4 is 0 Å². The summed E-state index contributed by atoms with van der Waals surface area (Å²) >= 11 is 6.53. The number of H-pyrrole nitrogens is 1. The SMILES string of the molecule is Cc1ccc2[nH]c3c(c2c1)CC/C(=C\c1cc2c(ccc4ccccc42)nc1Cl)C3=O. The van der Waals surface area contributed by atoms with E-state index < -0.39 is 0 Å². The van der Waals surface area contributed by atoms with E-state index in [1.54, 1.807) is 0 Å². The van der Waals surface area contributed by atoms with Gasteiger partial charge in [0.2, 0.25) is 5.78 Å². The van der Waals surface area contributed by atoms with Gasteiger partial charge in [0.25, 0.3) is 0 Å². The predicted octanol–water partition coefficient (Wildman–Crippen LogP) is 7.04. The number of benzene rings is 3. The molecule has 1 aliphatic carbocycles. The number of aryl methyl sites for hydroxylation is 2. The average molecular weight is 423 g/mol. The minimum absolute atomic E-state index is 0.0455. The fraction of sp³-hybridized carbons (Fsp3) is 0.111. The topological polar surface area (TPSA) is 45.8 Å². The molecule has 0 saturated carbocycles. The second-order valence-corrected chi connectivity index (χ2v) is 8.61. The standard InChI is InChI=1S/C27H19ClN2O/c1-15-6-10-23-21(12-15)20-9-7-17(26(31)25(20)29-23)13-18-14-22-19-5-3-2-4-16(19)8-11-24(22)30-27(18)28/h2-6,8,10-14,29H,7,9H2,1H3/b17-13+. The zero-order chi connectivity index (χ0) is 21.1. The second-order valence-electron chi connectivity index (χ2n) is 8.25. The van der Waals surface area contributed by atoms with E-state index in [1.807, 2.05) is 24.3 Å². The van der Waals surface area contributed by atoms with Crippen LogP contribution in [0.15, 0.2) is 66.2 Å². The largest absolute Gasteiger partial charge is 0.352 e. The molecule has 1 aliphatic rings. The molecule has 0 amide bonds. The minimum Gasteiger partial charge on any atom is -0.352 e. The van der Waals surface area contributed by atoms with E-state index in [9.17, 15) is 4.79 Å². The van der Waals surface area contributed by atoms with Crippen LogP contribution in [0.2, 0.25) is 5.15 Å². The van der Waals surface area contributed by atoms with Crippen LogP contribution in [0.1, 0.15) is 33.6 Å². The average Bonchev–Trinajstić information content (AvgIpc) is 3.14. The summed E-state index contributed by atoms with van der Waals surface area (Å²) in [6, 6.07) is 20.6.